The number of rotatable bonds is 7. The Balaban J connectivity index is 3.38. The molecule has 0 aromatic carbocycles. The first kappa shape index (κ1) is 11.3. The van der Waals surface area contributed by atoms with E-state index < -0.39 is 11.9 Å². The minimum atomic E-state index is -0.428. The van der Waals surface area contributed by atoms with Crippen LogP contribution in [0.2, 0.25) is 0 Å². The Morgan fingerprint density at radius 3 is 2.42 bits per heavy atom. The van der Waals surface area contributed by atoms with E-state index in [1.807, 2.05) is 0 Å². The topological polar surface area (TPSA) is 119 Å². The molecule has 0 aromatic rings. The Bertz CT molecular complexity index is 129. The van der Waals surface area contributed by atoms with Crippen LogP contribution in [0.3, 0.4) is 0 Å². The molecule has 1 atom stereocenters. The molecular formula is C6H17N5O. The monoisotopic (exact) mass is 175 g/mol. The van der Waals surface area contributed by atoms with Gasteiger partial charge in [0, 0.05) is 6.54 Å². The fourth-order valence-corrected chi connectivity index (χ4v) is 0.883. The fourth-order valence-electron chi connectivity index (χ4n) is 0.883. The van der Waals surface area contributed by atoms with Crippen LogP contribution in [0, 0.1) is 0 Å². The van der Waals surface area contributed by atoms with Gasteiger partial charge in [0.15, 0.2) is 0 Å². The van der Waals surface area contributed by atoms with Gasteiger partial charge in [0.25, 0.3) is 0 Å². The summed E-state index contributed by atoms with van der Waals surface area (Å²) in [7, 11) is 0. The molecule has 0 aliphatic rings. The Labute approximate surface area is 71.8 Å². The van der Waals surface area contributed by atoms with Gasteiger partial charge in [-0.05, 0) is 19.3 Å². The van der Waals surface area contributed by atoms with Gasteiger partial charge in [-0.15, -0.1) is 0 Å². The zero-order chi connectivity index (χ0) is 9.40. The molecule has 0 rings (SSSR count). The Kier molecular flexibility index (Phi) is 6.58. The van der Waals surface area contributed by atoms with Crippen LogP contribution in [0.25, 0.3) is 0 Å². The number of hydrogen-bond donors (Lipinski definition) is 5. The van der Waals surface area contributed by atoms with Crippen LogP contribution in [0.15, 0.2) is 0 Å². The summed E-state index contributed by atoms with van der Waals surface area (Å²) in [6, 6.07) is -0.428. The standard InChI is InChI=1S/C6H17N5O/c7-6(12)5(11-9)3-1-2-4-10-8/h5,10-11H,1-4,8-9H2,(H2,7,12). The average molecular weight is 175 g/mol. The van der Waals surface area contributed by atoms with Crippen LogP contribution in [-0.2, 0) is 4.79 Å². The highest BCUT2D eigenvalue weighted by Crippen LogP contribution is 1.98. The van der Waals surface area contributed by atoms with Gasteiger partial charge in [-0.2, -0.15) is 0 Å². The van der Waals surface area contributed by atoms with Gasteiger partial charge in [-0.3, -0.25) is 21.9 Å². The van der Waals surface area contributed by atoms with Crippen LogP contribution >= 0.6 is 0 Å². The number of nitrogens with two attached hydrogens (primary N) is 3. The predicted octanol–water partition coefficient (Wildman–Crippen LogP) is -2.06. The van der Waals surface area contributed by atoms with E-state index in [4.69, 9.17) is 17.4 Å². The Morgan fingerprint density at radius 2 is 2.00 bits per heavy atom. The summed E-state index contributed by atoms with van der Waals surface area (Å²) >= 11 is 0. The normalized spacial score (nSPS) is 12.8. The number of hydrogen-bond acceptors (Lipinski definition) is 5. The summed E-state index contributed by atoms with van der Waals surface area (Å²) in [6.45, 7) is 0.732. The second kappa shape index (κ2) is 6.99. The first-order valence-corrected chi connectivity index (χ1v) is 3.91. The van der Waals surface area contributed by atoms with Gasteiger partial charge >= 0.3 is 0 Å². The number of carbonyl (C=O) groups excluding carboxylic acids is 1. The number of nitrogens with one attached hydrogen (secondary N) is 2. The molecule has 0 aliphatic carbocycles. The smallest absolute Gasteiger partial charge is 0.235 e. The molecule has 1 unspecified atom stereocenters. The van der Waals surface area contributed by atoms with Crippen molar-refractivity contribution in [3.63, 3.8) is 0 Å². The lowest BCUT2D eigenvalue weighted by molar-refractivity contribution is -0.120. The first-order valence-electron chi connectivity index (χ1n) is 3.91. The lowest BCUT2D eigenvalue weighted by atomic mass is 10.1. The fraction of sp³-hybridized carbons (Fsp3) is 0.833. The predicted molar refractivity (Wildman–Crippen MR) is 46.3 cm³/mol. The molecule has 6 nitrogen and oxygen atoms in total. The summed E-state index contributed by atoms with van der Waals surface area (Å²) in [5.74, 6) is 9.73. The molecule has 0 spiro atoms. The van der Waals surface area contributed by atoms with E-state index in [1.54, 1.807) is 0 Å². The molecule has 8 N–H and O–H groups in total. The highest BCUT2D eigenvalue weighted by Gasteiger charge is 2.11. The van der Waals surface area contributed by atoms with E-state index in [0.717, 1.165) is 19.4 Å². The Morgan fingerprint density at radius 1 is 1.33 bits per heavy atom. The van der Waals surface area contributed by atoms with Crippen molar-refractivity contribution in [3.8, 4) is 0 Å². The van der Waals surface area contributed by atoms with Gasteiger partial charge in [-0.1, -0.05) is 0 Å². The van der Waals surface area contributed by atoms with Crippen molar-refractivity contribution in [1.29, 1.82) is 0 Å². The van der Waals surface area contributed by atoms with Crippen LogP contribution in [0.5, 0.6) is 0 Å². The SMILES string of the molecule is NNCCCCC(NN)C(N)=O. The third-order valence-corrected chi connectivity index (χ3v) is 1.61. The number of amides is 1. The van der Waals surface area contributed by atoms with Crippen LogP contribution in [-0.4, -0.2) is 18.5 Å². The molecule has 0 saturated carbocycles. The van der Waals surface area contributed by atoms with E-state index in [-0.39, 0.29) is 0 Å². The minimum Gasteiger partial charge on any atom is -0.368 e. The van der Waals surface area contributed by atoms with Gasteiger partial charge in [-0.25, -0.2) is 5.43 Å². The molecule has 0 radical (unpaired) electrons. The lowest BCUT2D eigenvalue weighted by Crippen LogP contribution is -2.45. The molecule has 6 heteroatoms. The van der Waals surface area contributed by atoms with Crippen molar-refractivity contribution in [1.82, 2.24) is 10.9 Å². The summed E-state index contributed by atoms with van der Waals surface area (Å²) in [4.78, 5) is 10.6. The number of carbonyl (C=O) groups is 1. The summed E-state index contributed by atoms with van der Waals surface area (Å²) in [5.41, 5.74) is 9.91. The molecule has 1 amide bonds. The summed E-state index contributed by atoms with van der Waals surface area (Å²) in [6.07, 6.45) is 2.41. The molecule has 0 heterocycles. The third-order valence-electron chi connectivity index (χ3n) is 1.61. The van der Waals surface area contributed by atoms with Crippen LogP contribution in [0.4, 0.5) is 0 Å². The number of unbranched alkanes of at least 4 members (excludes halogenated alkanes) is 1. The molecule has 12 heavy (non-hydrogen) atoms. The van der Waals surface area contributed by atoms with Crippen LogP contribution in [0.1, 0.15) is 19.3 Å². The number of hydrazine groups is 2. The molecule has 0 bridgehead atoms. The van der Waals surface area contributed by atoms with Gasteiger partial charge in [0.05, 0.1) is 6.04 Å². The van der Waals surface area contributed by atoms with Crippen molar-refractivity contribution >= 4 is 5.91 Å². The second-order valence-electron chi connectivity index (χ2n) is 2.57. The maximum atomic E-state index is 10.6. The third kappa shape index (κ3) is 5.03. The Hall–Kier alpha value is -0.690. The zero-order valence-corrected chi connectivity index (χ0v) is 7.05. The zero-order valence-electron chi connectivity index (χ0n) is 7.05. The van der Waals surface area contributed by atoms with Crippen molar-refractivity contribution in [2.24, 2.45) is 17.4 Å². The average Bonchev–Trinajstić information content (AvgIpc) is 2.04. The summed E-state index contributed by atoms with van der Waals surface area (Å²) < 4.78 is 0. The molecule has 0 aromatic heterocycles. The van der Waals surface area contributed by atoms with Gasteiger partial charge < -0.3 is 5.73 Å². The lowest BCUT2D eigenvalue weighted by Gasteiger charge is -2.10. The van der Waals surface area contributed by atoms with Gasteiger partial charge in [0.1, 0.15) is 0 Å². The maximum absolute atomic E-state index is 10.6. The van der Waals surface area contributed by atoms with E-state index in [0.29, 0.717) is 6.42 Å². The largest absolute Gasteiger partial charge is 0.368 e. The number of primary amides is 1. The minimum absolute atomic E-state index is 0.418. The van der Waals surface area contributed by atoms with Crippen molar-refractivity contribution in [2.75, 3.05) is 6.54 Å². The second-order valence-corrected chi connectivity index (χ2v) is 2.57. The highest BCUT2D eigenvalue weighted by atomic mass is 16.1. The van der Waals surface area contributed by atoms with E-state index in [1.165, 1.54) is 0 Å². The van der Waals surface area contributed by atoms with E-state index >= 15 is 0 Å². The van der Waals surface area contributed by atoms with Crippen molar-refractivity contribution in [3.05, 3.63) is 0 Å². The first-order chi connectivity index (χ1) is 5.72. The van der Waals surface area contributed by atoms with E-state index in [9.17, 15) is 4.79 Å². The maximum Gasteiger partial charge on any atom is 0.235 e. The van der Waals surface area contributed by atoms with Crippen molar-refractivity contribution in [2.45, 2.75) is 25.3 Å². The molecule has 0 aliphatic heterocycles. The highest BCUT2D eigenvalue weighted by molar-refractivity contribution is 5.79. The van der Waals surface area contributed by atoms with Gasteiger partial charge in [0.2, 0.25) is 5.91 Å². The van der Waals surface area contributed by atoms with Crippen LogP contribution < -0.4 is 28.3 Å². The quantitative estimate of drug-likeness (QED) is 0.173. The summed E-state index contributed by atoms with van der Waals surface area (Å²) in [5, 5.41) is 0. The molecule has 0 saturated heterocycles. The molecule has 0 fully saturated rings. The molecular weight excluding hydrogens is 158 g/mol. The van der Waals surface area contributed by atoms with E-state index in [2.05, 4.69) is 10.9 Å². The van der Waals surface area contributed by atoms with Crippen molar-refractivity contribution < 1.29 is 4.79 Å². The molecule has 72 valence electrons.